The lowest BCUT2D eigenvalue weighted by Gasteiger charge is -2.39. The lowest BCUT2D eigenvalue weighted by Crippen LogP contribution is -2.26. The van der Waals surface area contributed by atoms with Gasteiger partial charge in [0.2, 0.25) is 0 Å². The molecule has 0 aliphatic heterocycles. The Morgan fingerprint density at radius 1 is 1.22 bits per heavy atom. The molecule has 2 N–H and O–H groups in total. The first-order valence-corrected chi connectivity index (χ1v) is 7.02. The van der Waals surface area contributed by atoms with Gasteiger partial charge in [-0.3, -0.25) is 0 Å². The van der Waals surface area contributed by atoms with Crippen LogP contribution >= 0.6 is 11.6 Å². The van der Waals surface area contributed by atoms with Gasteiger partial charge in [-0.1, -0.05) is 11.6 Å². The Hall–Kier alpha value is -0.870. The Labute approximate surface area is 112 Å². The average Bonchev–Trinajstić information content (AvgIpc) is 2.39. The van der Waals surface area contributed by atoms with E-state index in [-0.39, 0.29) is 6.10 Å². The van der Waals surface area contributed by atoms with Crippen molar-refractivity contribution in [2.75, 3.05) is 11.9 Å². The molecule has 2 bridgehead atoms. The molecule has 1 atom stereocenters. The summed E-state index contributed by atoms with van der Waals surface area (Å²) in [4.78, 5) is 0. The van der Waals surface area contributed by atoms with Gasteiger partial charge in [-0.15, -0.1) is 10.2 Å². The van der Waals surface area contributed by atoms with Crippen molar-refractivity contribution in [3.8, 4) is 0 Å². The largest absolute Gasteiger partial charge is 0.392 e. The van der Waals surface area contributed by atoms with Gasteiger partial charge in [0.25, 0.3) is 0 Å². The number of nitrogens with zero attached hydrogens (tertiary/aromatic N) is 2. The molecule has 0 spiro atoms. The van der Waals surface area contributed by atoms with E-state index in [2.05, 4.69) is 15.5 Å². The SMILES string of the molecule is C[C@@H](O)CNc1nnc(Cl)c2c1C1CCC2CC1. The van der Waals surface area contributed by atoms with Gasteiger partial charge in [0.1, 0.15) is 0 Å². The second kappa shape index (κ2) is 4.67. The summed E-state index contributed by atoms with van der Waals surface area (Å²) in [5.74, 6) is 1.94. The van der Waals surface area contributed by atoms with Crippen LogP contribution < -0.4 is 5.32 Å². The Morgan fingerprint density at radius 2 is 1.83 bits per heavy atom. The van der Waals surface area contributed by atoms with E-state index in [0.29, 0.717) is 23.5 Å². The lowest BCUT2D eigenvalue weighted by molar-refractivity contribution is 0.208. The number of hydrogen-bond donors (Lipinski definition) is 2. The number of rotatable bonds is 3. The van der Waals surface area contributed by atoms with Crippen LogP contribution in [-0.2, 0) is 0 Å². The van der Waals surface area contributed by atoms with Gasteiger partial charge >= 0.3 is 0 Å². The number of hydrogen-bond acceptors (Lipinski definition) is 4. The van der Waals surface area contributed by atoms with Crippen molar-refractivity contribution in [3.05, 3.63) is 16.3 Å². The van der Waals surface area contributed by atoms with Crippen LogP contribution in [0.1, 0.15) is 55.6 Å². The molecule has 3 aliphatic carbocycles. The highest BCUT2D eigenvalue weighted by atomic mass is 35.5. The smallest absolute Gasteiger partial charge is 0.155 e. The van der Waals surface area contributed by atoms with Gasteiger partial charge in [-0.05, 0) is 44.4 Å². The lowest BCUT2D eigenvalue weighted by atomic mass is 9.67. The monoisotopic (exact) mass is 267 g/mol. The maximum absolute atomic E-state index is 9.37. The van der Waals surface area contributed by atoms with Gasteiger partial charge in [-0.25, -0.2) is 0 Å². The normalized spacial score (nSPS) is 26.8. The van der Waals surface area contributed by atoms with Crippen molar-refractivity contribution in [2.24, 2.45) is 0 Å². The fourth-order valence-electron chi connectivity index (χ4n) is 3.29. The van der Waals surface area contributed by atoms with Gasteiger partial charge in [0.05, 0.1) is 6.10 Å². The first kappa shape index (κ1) is 12.2. The summed E-state index contributed by atoms with van der Waals surface area (Å²) < 4.78 is 0. The molecule has 0 amide bonds. The van der Waals surface area contributed by atoms with E-state index in [1.165, 1.54) is 36.8 Å². The molecule has 4 nitrogen and oxygen atoms in total. The van der Waals surface area contributed by atoms with Crippen LogP contribution in [0.3, 0.4) is 0 Å². The molecule has 0 unspecified atom stereocenters. The highest BCUT2D eigenvalue weighted by Crippen LogP contribution is 2.52. The Balaban J connectivity index is 1.99. The van der Waals surface area contributed by atoms with Crippen molar-refractivity contribution in [1.82, 2.24) is 10.2 Å². The maximum atomic E-state index is 9.37. The third-order valence-corrected chi connectivity index (χ3v) is 4.39. The molecule has 3 aliphatic rings. The number of aromatic nitrogens is 2. The number of anilines is 1. The van der Waals surface area contributed by atoms with E-state index in [1.807, 2.05) is 0 Å². The van der Waals surface area contributed by atoms with Crippen molar-refractivity contribution in [1.29, 1.82) is 0 Å². The summed E-state index contributed by atoms with van der Waals surface area (Å²) in [6, 6.07) is 0. The summed E-state index contributed by atoms with van der Waals surface area (Å²) in [6.07, 6.45) is 4.50. The quantitative estimate of drug-likeness (QED) is 0.884. The van der Waals surface area contributed by atoms with Crippen LogP contribution in [0.4, 0.5) is 5.82 Å². The zero-order chi connectivity index (χ0) is 12.7. The summed E-state index contributed by atoms with van der Waals surface area (Å²) in [5, 5.41) is 21.4. The zero-order valence-electron chi connectivity index (χ0n) is 10.5. The summed E-state index contributed by atoms with van der Waals surface area (Å²) in [7, 11) is 0. The highest BCUT2D eigenvalue weighted by molar-refractivity contribution is 6.30. The molecular weight excluding hydrogens is 250 g/mol. The first-order valence-electron chi connectivity index (χ1n) is 6.64. The van der Waals surface area contributed by atoms with E-state index in [4.69, 9.17) is 11.6 Å². The van der Waals surface area contributed by atoms with E-state index in [1.54, 1.807) is 6.92 Å². The summed E-state index contributed by atoms with van der Waals surface area (Å²) in [5.41, 5.74) is 2.47. The van der Waals surface area contributed by atoms with Crippen LogP contribution in [0.5, 0.6) is 0 Å². The zero-order valence-corrected chi connectivity index (χ0v) is 11.2. The van der Waals surface area contributed by atoms with E-state index in [0.717, 1.165) is 5.82 Å². The second-order valence-electron chi connectivity index (χ2n) is 5.45. The molecule has 1 saturated carbocycles. The number of nitrogens with one attached hydrogen (secondary N) is 1. The minimum Gasteiger partial charge on any atom is -0.392 e. The van der Waals surface area contributed by atoms with Crippen molar-refractivity contribution in [3.63, 3.8) is 0 Å². The molecule has 1 fully saturated rings. The second-order valence-corrected chi connectivity index (χ2v) is 5.80. The first-order chi connectivity index (χ1) is 8.66. The molecule has 1 aromatic heterocycles. The van der Waals surface area contributed by atoms with Gasteiger partial charge in [0.15, 0.2) is 11.0 Å². The number of fused-ring (bicyclic) bond motifs is 2. The molecule has 0 radical (unpaired) electrons. The number of halogens is 1. The molecule has 0 aromatic carbocycles. The Kier molecular flexibility index (Phi) is 3.16. The van der Waals surface area contributed by atoms with E-state index >= 15 is 0 Å². The minimum atomic E-state index is -0.390. The number of aliphatic hydroxyl groups excluding tert-OH is 1. The molecular formula is C13H18ClN3O. The van der Waals surface area contributed by atoms with Crippen molar-refractivity contribution in [2.45, 2.75) is 50.5 Å². The molecule has 1 aromatic rings. The Morgan fingerprint density at radius 3 is 2.44 bits per heavy atom. The predicted molar refractivity (Wildman–Crippen MR) is 71.2 cm³/mol. The van der Waals surface area contributed by atoms with Gasteiger partial charge < -0.3 is 10.4 Å². The van der Waals surface area contributed by atoms with Crippen LogP contribution in [-0.4, -0.2) is 28.0 Å². The topological polar surface area (TPSA) is 58.0 Å². The summed E-state index contributed by atoms with van der Waals surface area (Å²) in [6.45, 7) is 2.26. The fourth-order valence-corrected chi connectivity index (χ4v) is 3.58. The Bertz CT molecular complexity index is 456. The molecule has 4 rings (SSSR count). The van der Waals surface area contributed by atoms with E-state index in [9.17, 15) is 5.11 Å². The average molecular weight is 268 g/mol. The fraction of sp³-hybridized carbons (Fsp3) is 0.692. The van der Waals surface area contributed by atoms with Crippen LogP contribution in [0.2, 0.25) is 5.15 Å². The number of aliphatic hydroxyl groups is 1. The molecule has 18 heavy (non-hydrogen) atoms. The van der Waals surface area contributed by atoms with Crippen LogP contribution in [0.25, 0.3) is 0 Å². The van der Waals surface area contributed by atoms with E-state index < -0.39 is 0 Å². The van der Waals surface area contributed by atoms with Crippen LogP contribution in [0.15, 0.2) is 0 Å². The van der Waals surface area contributed by atoms with Gasteiger partial charge in [0, 0.05) is 17.7 Å². The molecule has 98 valence electrons. The van der Waals surface area contributed by atoms with Gasteiger partial charge in [-0.2, -0.15) is 0 Å². The molecule has 1 heterocycles. The highest BCUT2D eigenvalue weighted by Gasteiger charge is 2.37. The third kappa shape index (κ3) is 1.97. The van der Waals surface area contributed by atoms with Crippen molar-refractivity contribution < 1.29 is 5.11 Å². The molecule has 0 saturated heterocycles. The third-order valence-electron chi connectivity index (χ3n) is 4.11. The summed E-state index contributed by atoms with van der Waals surface area (Å²) >= 11 is 6.22. The predicted octanol–water partition coefficient (Wildman–Crippen LogP) is 2.68. The maximum Gasteiger partial charge on any atom is 0.155 e. The molecule has 5 heteroatoms. The van der Waals surface area contributed by atoms with Crippen molar-refractivity contribution >= 4 is 17.4 Å². The van der Waals surface area contributed by atoms with Crippen LogP contribution in [0, 0.1) is 0 Å². The standard InChI is InChI=1S/C13H18ClN3O/c1-7(18)6-15-13-11-9-4-2-8(3-5-9)10(11)12(14)16-17-13/h7-9,18H,2-6H2,1H3,(H,15,17)/t7-,8?,9?/m1/s1. The minimum absolute atomic E-state index is 0.390.